The molecule has 174 valence electrons. The van der Waals surface area contributed by atoms with Gasteiger partial charge in [-0.15, -0.1) is 0 Å². The smallest absolute Gasteiger partial charge is 0.409 e. The SMILES string of the molecule is COC(=O)N1CCC(c2nc(Nc3ccc(C)c(NC(=O)c4cnc5ccccn45)c3)no2)C1. The van der Waals surface area contributed by atoms with E-state index in [1.807, 2.05) is 37.3 Å². The van der Waals surface area contributed by atoms with Crippen LogP contribution >= 0.6 is 0 Å². The van der Waals surface area contributed by atoms with E-state index >= 15 is 0 Å². The Balaban J connectivity index is 1.28. The van der Waals surface area contributed by atoms with Crippen LogP contribution in [0.5, 0.6) is 0 Å². The van der Waals surface area contributed by atoms with Crippen molar-refractivity contribution in [2.45, 2.75) is 19.3 Å². The lowest BCUT2D eigenvalue weighted by Crippen LogP contribution is -2.28. The first-order valence-corrected chi connectivity index (χ1v) is 10.8. The van der Waals surface area contributed by atoms with Crippen molar-refractivity contribution in [1.29, 1.82) is 0 Å². The van der Waals surface area contributed by atoms with Gasteiger partial charge < -0.3 is 24.8 Å². The van der Waals surface area contributed by atoms with Crippen LogP contribution in [0.15, 0.2) is 53.3 Å². The van der Waals surface area contributed by atoms with Gasteiger partial charge in [-0.05, 0) is 48.3 Å². The zero-order valence-corrected chi connectivity index (χ0v) is 18.7. The first-order valence-electron chi connectivity index (χ1n) is 10.8. The molecule has 1 saturated heterocycles. The molecular formula is C23H23N7O4. The van der Waals surface area contributed by atoms with Gasteiger partial charge in [-0.25, -0.2) is 9.78 Å². The number of likely N-dealkylation sites (tertiary alicyclic amines) is 1. The number of hydrogen-bond donors (Lipinski definition) is 2. The van der Waals surface area contributed by atoms with Crippen molar-refractivity contribution in [2.24, 2.45) is 0 Å². The van der Waals surface area contributed by atoms with Crippen LogP contribution in [0, 0.1) is 6.92 Å². The highest BCUT2D eigenvalue weighted by Gasteiger charge is 2.31. The third kappa shape index (κ3) is 4.15. The molecule has 1 unspecified atom stereocenters. The molecule has 11 nitrogen and oxygen atoms in total. The number of rotatable bonds is 5. The molecule has 5 rings (SSSR count). The van der Waals surface area contributed by atoms with E-state index in [1.54, 1.807) is 27.8 Å². The van der Waals surface area contributed by atoms with Crippen molar-refractivity contribution in [1.82, 2.24) is 24.4 Å². The van der Waals surface area contributed by atoms with Gasteiger partial charge in [0.05, 0.1) is 19.2 Å². The minimum atomic E-state index is -0.362. The molecule has 0 spiro atoms. The maximum atomic E-state index is 12.9. The lowest BCUT2D eigenvalue weighted by atomic mass is 10.1. The van der Waals surface area contributed by atoms with E-state index < -0.39 is 0 Å². The molecule has 2 N–H and O–H groups in total. The molecule has 1 fully saturated rings. The molecule has 11 heteroatoms. The summed E-state index contributed by atoms with van der Waals surface area (Å²) in [4.78, 5) is 34.9. The number of amides is 2. The number of methoxy groups -OCH3 is 1. The number of carbonyl (C=O) groups excluding carboxylic acids is 2. The third-order valence-corrected chi connectivity index (χ3v) is 5.80. The monoisotopic (exact) mass is 461 g/mol. The summed E-state index contributed by atoms with van der Waals surface area (Å²) < 4.78 is 11.9. The Morgan fingerprint density at radius 2 is 2.12 bits per heavy atom. The summed E-state index contributed by atoms with van der Waals surface area (Å²) in [5.74, 6) is 0.453. The number of pyridine rings is 1. The summed E-state index contributed by atoms with van der Waals surface area (Å²) >= 11 is 0. The molecule has 34 heavy (non-hydrogen) atoms. The molecule has 4 heterocycles. The molecular weight excluding hydrogens is 438 g/mol. The second kappa shape index (κ2) is 8.85. The van der Waals surface area contributed by atoms with Crippen LogP contribution in [0.4, 0.5) is 22.1 Å². The molecule has 4 aromatic rings. The van der Waals surface area contributed by atoms with Crippen molar-refractivity contribution in [3.05, 3.63) is 65.9 Å². The quantitative estimate of drug-likeness (QED) is 0.462. The maximum Gasteiger partial charge on any atom is 0.409 e. The standard InChI is InChI=1S/C23H23N7O4/c1-14-6-7-16(11-17(14)26-20(31)18-12-24-19-5-3-4-9-30(18)19)25-22-27-21(34-28-22)15-8-10-29(13-15)23(32)33-2/h3-7,9,11-12,15H,8,10,13H2,1-2H3,(H,25,28)(H,26,31). The zero-order valence-electron chi connectivity index (χ0n) is 18.7. The van der Waals surface area contributed by atoms with Crippen LogP contribution in [0.2, 0.25) is 0 Å². The number of nitrogens with one attached hydrogen (secondary N) is 2. The Kier molecular flexibility index (Phi) is 5.58. The van der Waals surface area contributed by atoms with E-state index in [9.17, 15) is 9.59 Å². The Bertz CT molecular complexity index is 1360. The van der Waals surface area contributed by atoms with E-state index in [0.717, 1.165) is 12.0 Å². The van der Waals surface area contributed by atoms with Crippen molar-refractivity contribution in [3.63, 3.8) is 0 Å². The average Bonchev–Trinajstić information content (AvgIpc) is 3.60. The highest BCUT2D eigenvalue weighted by atomic mass is 16.5. The first kappa shape index (κ1) is 21.4. The third-order valence-electron chi connectivity index (χ3n) is 5.80. The van der Waals surface area contributed by atoms with E-state index in [-0.39, 0.29) is 17.9 Å². The molecule has 3 aromatic heterocycles. The van der Waals surface area contributed by atoms with E-state index in [1.165, 1.54) is 7.11 Å². The van der Waals surface area contributed by atoms with Gasteiger partial charge in [0.25, 0.3) is 11.9 Å². The number of anilines is 3. The minimum Gasteiger partial charge on any atom is -0.453 e. The van der Waals surface area contributed by atoms with Crippen LogP contribution in [0.1, 0.15) is 34.3 Å². The fraction of sp³-hybridized carbons (Fsp3) is 0.261. The largest absolute Gasteiger partial charge is 0.453 e. The lowest BCUT2D eigenvalue weighted by molar-refractivity contribution is 0.102. The fourth-order valence-corrected chi connectivity index (χ4v) is 3.96. The summed E-state index contributed by atoms with van der Waals surface area (Å²) in [5, 5.41) is 10.1. The Hall–Kier alpha value is -4.41. The number of nitrogens with zero attached hydrogens (tertiary/aromatic N) is 5. The number of ether oxygens (including phenoxy) is 1. The number of hydrogen-bond acceptors (Lipinski definition) is 8. The van der Waals surface area contributed by atoms with Crippen LogP contribution in [0.25, 0.3) is 5.65 Å². The summed E-state index contributed by atoms with van der Waals surface area (Å²) in [5.41, 5.74) is 3.37. The van der Waals surface area contributed by atoms with Gasteiger partial charge in [0.2, 0.25) is 5.89 Å². The molecule has 1 aromatic carbocycles. The highest BCUT2D eigenvalue weighted by molar-refractivity contribution is 6.04. The number of aryl methyl sites for hydroxylation is 1. The van der Waals surface area contributed by atoms with Crippen molar-refractivity contribution < 1.29 is 18.8 Å². The lowest BCUT2D eigenvalue weighted by Gasteiger charge is -2.13. The van der Waals surface area contributed by atoms with E-state index in [4.69, 9.17) is 9.26 Å². The predicted molar refractivity (Wildman–Crippen MR) is 123 cm³/mol. The van der Waals surface area contributed by atoms with Gasteiger partial charge in [-0.3, -0.25) is 9.20 Å². The van der Waals surface area contributed by atoms with Crippen LogP contribution in [0.3, 0.4) is 0 Å². The number of fused-ring (bicyclic) bond motifs is 1. The van der Waals surface area contributed by atoms with Crippen LogP contribution in [-0.2, 0) is 4.74 Å². The summed E-state index contributed by atoms with van der Waals surface area (Å²) in [6.07, 6.45) is 3.71. The second-order valence-electron chi connectivity index (χ2n) is 8.04. The van der Waals surface area contributed by atoms with Gasteiger partial charge in [0.15, 0.2) is 0 Å². The summed E-state index contributed by atoms with van der Waals surface area (Å²) in [7, 11) is 1.36. The summed E-state index contributed by atoms with van der Waals surface area (Å²) in [6, 6.07) is 11.1. The summed E-state index contributed by atoms with van der Waals surface area (Å²) in [6.45, 7) is 2.96. The van der Waals surface area contributed by atoms with Crippen LogP contribution in [-0.4, -0.2) is 56.6 Å². The van der Waals surface area contributed by atoms with Gasteiger partial charge in [0, 0.05) is 30.7 Å². The van der Waals surface area contributed by atoms with Crippen molar-refractivity contribution >= 4 is 35.0 Å². The average molecular weight is 461 g/mol. The molecule has 0 bridgehead atoms. The topological polar surface area (TPSA) is 127 Å². The maximum absolute atomic E-state index is 12.9. The Morgan fingerprint density at radius 1 is 1.24 bits per heavy atom. The molecule has 1 aliphatic rings. The normalized spacial score (nSPS) is 15.5. The van der Waals surface area contributed by atoms with Gasteiger partial charge in [0.1, 0.15) is 11.3 Å². The molecule has 1 aliphatic heterocycles. The predicted octanol–water partition coefficient (Wildman–Crippen LogP) is 3.58. The Morgan fingerprint density at radius 3 is 2.97 bits per heavy atom. The number of benzene rings is 1. The number of aromatic nitrogens is 4. The van der Waals surface area contributed by atoms with Gasteiger partial charge in [-0.1, -0.05) is 12.1 Å². The number of imidazole rings is 1. The second-order valence-corrected chi connectivity index (χ2v) is 8.04. The van der Waals surface area contributed by atoms with Crippen molar-refractivity contribution in [2.75, 3.05) is 30.8 Å². The molecule has 0 saturated carbocycles. The van der Waals surface area contributed by atoms with E-state index in [0.29, 0.717) is 47.6 Å². The van der Waals surface area contributed by atoms with Crippen LogP contribution < -0.4 is 10.6 Å². The minimum absolute atomic E-state index is 0.0412. The molecule has 0 aliphatic carbocycles. The highest BCUT2D eigenvalue weighted by Crippen LogP contribution is 2.28. The fourth-order valence-electron chi connectivity index (χ4n) is 3.96. The van der Waals surface area contributed by atoms with Gasteiger partial charge in [-0.2, -0.15) is 4.98 Å². The zero-order chi connectivity index (χ0) is 23.7. The Labute approximate surface area is 194 Å². The van der Waals surface area contributed by atoms with Crippen molar-refractivity contribution in [3.8, 4) is 0 Å². The number of carbonyl (C=O) groups is 2. The molecule has 2 amide bonds. The van der Waals surface area contributed by atoms with E-state index in [2.05, 4.69) is 25.8 Å². The molecule has 0 radical (unpaired) electrons. The van der Waals surface area contributed by atoms with Gasteiger partial charge >= 0.3 is 6.09 Å². The first-order chi connectivity index (χ1) is 16.5. The molecule has 1 atom stereocenters.